The summed E-state index contributed by atoms with van der Waals surface area (Å²) in [5.74, 6) is -4.47. The Morgan fingerprint density at radius 3 is 1.59 bits per heavy atom. The average molecular weight is 903 g/mol. The first-order valence-corrected chi connectivity index (χ1v) is 22.8. The molecule has 2 radical (unpaired) electrons. The number of carbonyl (C=O) groups excluding carboxylic acids is 4. The molecule has 4 bridgehead atoms. The van der Waals surface area contributed by atoms with Gasteiger partial charge in [-0.1, -0.05) is 86.2 Å². The predicted octanol–water partition coefficient (Wildman–Crippen LogP) is 4.74. The molecule has 6 heterocycles. The van der Waals surface area contributed by atoms with Crippen LogP contribution in [0.1, 0.15) is 63.5 Å². The molecule has 0 saturated carbocycles. The van der Waals surface area contributed by atoms with Crippen LogP contribution in [0.4, 0.5) is 11.4 Å². The van der Waals surface area contributed by atoms with Crippen LogP contribution in [0.3, 0.4) is 0 Å². The van der Waals surface area contributed by atoms with E-state index < -0.39 is 64.2 Å². The van der Waals surface area contributed by atoms with E-state index in [2.05, 4.69) is 12.1 Å². The van der Waals surface area contributed by atoms with Crippen molar-refractivity contribution < 1.29 is 47.2 Å². The number of fused-ring (bicyclic) bond motifs is 12. The molecule has 64 heavy (non-hydrogen) atoms. The van der Waals surface area contributed by atoms with Gasteiger partial charge in [-0.3, -0.25) is 19.2 Å². The highest BCUT2D eigenvalue weighted by atomic mass is 32.2. The standard InChI is InChI=1S/2C23H22BN2O5S/c1-2-23-17(27)11-22(31-23,9-10-30-32-24)18-19(23)21(29)26(20(18)28)16-8-7-13(12-25)14-5-3-4-6-15(14)16;1-2-22-11-17(27)23(31-22,9-10-30-32-24)19-18(22)20(28)26(21(19)29)16-8-7-13(12-25)14-5-3-4-6-15(14)16/h2*3-8,17-19,24,27H,2,9-11H2,1H3/t2*17-,18+,19-,22?,23?/m01/s1/i2*24T. The van der Waals surface area contributed by atoms with Gasteiger partial charge in [-0.25, -0.2) is 9.80 Å². The molecule has 6 aliphatic rings. The fourth-order valence-electron chi connectivity index (χ4n) is 12.1. The third kappa shape index (κ3) is 6.18. The molecule has 10 rings (SSSR count). The normalized spacial score (nSPS) is 33.5. The fraction of sp³-hybridized carbons (Fsp3) is 0.435. The summed E-state index contributed by atoms with van der Waals surface area (Å²) in [6, 6.07) is 25.3. The van der Waals surface area contributed by atoms with Crippen molar-refractivity contribution in [3.63, 3.8) is 0 Å². The molecule has 6 fully saturated rings. The summed E-state index contributed by atoms with van der Waals surface area (Å²) in [6.45, 7) is 4.16. The fourth-order valence-corrected chi connectivity index (χ4v) is 12.4. The van der Waals surface area contributed by atoms with Gasteiger partial charge < -0.3 is 28.1 Å². The number of nitriles is 2. The maximum Gasteiger partial charge on any atom is 0.240 e. The van der Waals surface area contributed by atoms with Crippen molar-refractivity contribution in [1.29, 1.82) is 13.2 Å². The van der Waals surface area contributed by atoms with Crippen LogP contribution >= 0.6 is 23.8 Å². The van der Waals surface area contributed by atoms with Gasteiger partial charge in [0.25, 0.3) is 0 Å². The predicted molar refractivity (Wildman–Crippen MR) is 242 cm³/mol. The molecule has 14 nitrogen and oxygen atoms in total. The number of rotatable bonds is 14. The van der Waals surface area contributed by atoms with Crippen LogP contribution < -0.4 is 9.80 Å². The van der Waals surface area contributed by atoms with E-state index in [1.54, 1.807) is 48.5 Å². The molecule has 2 N–H and O–H groups in total. The average Bonchev–Trinajstić information content (AvgIpc) is 4.12. The molecule has 4 aromatic rings. The number of aliphatic hydroxyl groups is 2. The van der Waals surface area contributed by atoms with Gasteiger partial charge in [-0.2, -0.15) is 10.5 Å². The van der Waals surface area contributed by atoms with Crippen molar-refractivity contribution in [1.82, 2.24) is 0 Å². The van der Waals surface area contributed by atoms with Gasteiger partial charge in [-0.15, -0.1) is 0 Å². The molecular formula is C46H44B2N4O10S2. The van der Waals surface area contributed by atoms with E-state index in [9.17, 15) is 39.9 Å². The Bertz CT molecular complexity index is 2650. The number of anilines is 2. The lowest BCUT2D eigenvalue weighted by Crippen LogP contribution is -2.51. The highest BCUT2D eigenvalue weighted by Gasteiger charge is 2.79. The second-order valence-electron chi connectivity index (χ2n) is 17.2. The summed E-state index contributed by atoms with van der Waals surface area (Å²) >= 11 is 1.75. The quantitative estimate of drug-likeness (QED) is 0.0761. The molecule has 6 saturated heterocycles. The Kier molecular flexibility index (Phi) is 10.9. The second kappa shape index (κ2) is 16.6. The van der Waals surface area contributed by atoms with Crippen LogP contribution in [-0.4, -0.2) is 98.5 Å². The number of amides is 4. The summed E-state index contributed by atoms with van der Waals surface area (Å²) in [7, 11) is 2.12. The number of hydrogen-bond acceptors (Lipinski definition) is 14. The first-order chi connectivity index (χ1) is 31.9. The van der Waals surface area contributed by atoms with Gasteiger partial charge in [0.05, 0.1) is 94.9 Å². The van der Waals surface area contributed by atoms with E-state index in [1.165, 1.54) is 9.80 Å². The summed E-state index contributed by atoms with van der Waals surface area (Å²) in [5, 5.41) is 43.6. The van der Waals surface area contributed by atoms with Crippen molar-refractivity contribution in [3.05, 3.63) is 83.9 Å². The van der Waals surface area contributed by atoms with Crippen LogP contribution in [0.2, 0.25) is 0 Å². The number of aliphatic hydroxyl groups excluding tert-OH is 2. The number of benzene rings is 4. The number of hydrogen-bond donors (Lipinski definition) is 2. The maximum absolute atomic E-state index is 13.9. The highest BCUT2D eigenvalue weighted by molar-refractivity contribution is 8.16. The minimum absolute atomic E-state index is 0.168. The zero-order chi connectivity index (χ0) is 46.8. The van der Waals surface area contributed by atoms with E-state index in [4.69, 9.17) is 20.5 Å². The van der Waals surface area contributed by atoms with Crippen molar-refractivity contribution in [2.45, 2.75) is 87.0 Å². The summed E-state index contributed by atoms with van der Waals surface area (Å²) in [6.07, 6.45) is 0.215. The lowest BCUT2D eigenvalue weighted by Gasteiger charge is -2.35. The van der Waals surface area contributed by atoms with Crippen molar-refractivity contribution in [2.75, 3.05) is 23.0 Å². The van der Waals surface area contributed by atoms with E-state index in [-0.39, 0.29) is 50.2 Å². The Labute approximate surface area is 383 Å². The molecule has 4 aromatic carbocycles. The van der Waals surface area contributed by atoms with Crippen LogP contribution in [0, 0.1) is 46.3 Å². The monoisotopic (exact) mass is 902 g/mol. The molecule has 4 amide bonds. The Hall–Kier alpha value is -4.75. The molecule has 4 unspecified atom stereocenters. The number of imide groups is 2. The van der Waals surface area contributed by atoms with Crippen molar-refractivity contribution in [3.8, 4) is 12.1 Å². The highest BCUT2D eigenvalue weighted by Crippen LogP contribution is 2.65. The lowest BCUT2D eigenvalue weighted by atomic mass is 9.64. The lowest BCUT2D eigenvalue weighted by molar-refractivity contribution is -0.139. The third-order valence-corrected chi connectivity index (χ3v) is 15.4. The maximum atomic E-state index is 13.9. The Balaban J connectivity index is 0.000000166. The van der Waals surface area contributed by atoms with Gasteiger partial charge >= 0.3 is 0 Å². The zero-order valence-electron chi connectivity index (χ0n) is 37.0. The zero-order valence-corrected chi connectivity index (χ0v) is 36.6. The first kappa shape index (κ1) is 41.9. The van der Waals surface area contributed by atoms with Crippen LogP contribution in [0.25, 0.3) is 21.5 Å². The minimum Gasteiger partial charge on any atom is -0.390 e. The van der Waals surface area contributed by atoms with Crippen molar-refractivity contribution >= 4 is 94.5 Å². The molecule has 0 aromatic heterocycles. The molecule has 326 valence electrons. The number of nitrogens with zero attached hydrogens (tertiary/aromatic N) is 4. The SMILES string of the molecule is [3H][B]SOCCC12C[C@H](O)C(CC)(O1)[C@@H]1C(=O)N(c3ccc(C#N)c4ccccc34)C(=O)[C@@H]12.[3H][B]SOCCC12OC(CC)(C[C@H]1O)[C@@H]1C(=O)N(c3ccc(C#N)c4ccccc34)C(=O)[C@@H]12. The van der Waals surface area contributed by atoms with Crippen molar-refractivity contribution in [2.24, 2.45) is 23.7 Å². The molecular weight excluding hydrogens is 854 g/mol. The Morgan fingerprint density at radius 1 is 0.656 bits per heavy atom. The molecule has 6 aliphatic heterocycles. The molecule has 10 atom stereocenters. The van der Waals surface area contributed by atoms with Gasteiger partial charge in [0.2, 0.25) is 37.8 Å². The van der Waals surface area contributed by atoms with Gasteiger partial charge in [-0.05, 0) is 39.8 Å². The van der Waals surface area contributed by atoms with E-state index in [1.807, 2.05) is 38.1 Å². The molecule has 0 aliphatic carbocycles. The van der Waals surface area contributed by atoms with E-state index >= 15 is 0 Å². The molecule has 18 heteroatoms. The summed E-state index contributed by atoms with van der Waals surface area (Å²) < 4.78 is 37.7. The minimum atomic E-state index is -1.22. The third-order valence-electron chi connectivity index (χ3n) is 14.8. The summed E-state index contributed by atoms with van der Waals surface area (Å²) in [5.41, 5.74) is -2.43. The smallest absolute Gasteiger partial charge is 0.240 e. The van der Waals surface area contributed by atoms with Crippen LogP contribution in [-0.2, 0) is 37.0 Å². The van der Waals surface area contributed by atoms with Crippen LogP contribution in [0.15, 0.2) is 72.8 Å². The van der Waals surface area contributed by atoms with E-state index in [0.29, 0.717) is 63.3 Å². The van der Waals surface area contributed by atoms with Gasteiger partial charge in [0.1, 0.15) is 11.2 Å². The summed E-state index contributed by atoms with van der Waals surface area (Å²) in [4.78, 5) is 57.7. The Morgan fingerprint density at radius 2 is 1.09 bits per heavy atom. The van der Waals surface area contributed by atoms with Gasteiger partial charge in [0.15, 0.2) is 0 Å². The van der Waals surface area contributed by atoms with Crippen LogP contribution in [0.5, 0.6) is 0 Å². The largest absolute Gasteiger partial charge is 0.390 e. The topological polar surface area (TPSA) is 200 Å². The number of carbonyl (C=O) groups is 4. The van der Waals surface area contributed by atoms with Gasteiger partial charge in [0, 0.05) is 47.2 Å². The number of ether oxygens (including phenoxy) is 2. The van der Waals surface area contributed by atoms with E-state index in [0.717, 1.165) is 38.0 Å². The second-order valence-corrected chi connectivity index (χ2v) is 18.1. The molecule has 0 spiro atoms. The first-order valence-electron chi connectivity index (χ1n) is 22.4.